The van der Waals surface area contributed by atoms with Crippen LogP contribution in [0.1, 0.15) is 12.5 Å². The average molecular weight is 268 g/mol. The summed E-state index contributed by atoms with van der Waals surface area (Å²) in [5, 5.41) is 0. The van der Waals surface area contributed by atoms with Crippen LogP contribution in [0, 0.1) is 5.82 Å². The third kappa shape index (κ3) is 2.58. The van der Waals surface area contributed by atoms with Gasteiger partial charge in [0.2, 0.25) is 0 Å². The van der Waals surface area contributed by atoms with E-state index in [0.717, 1.165) is 0 Å². The van der Waals surface area contributed by atoms with Gasteiger partial charge in [-0.2, -0.15) is 0 Å². The smallest absolute Gasteiger partial charge is 0.166 e. The fraction of sp³-hybridized carbons (Fsp3) is 0.333. The molecule has 0 N–H and O–H groups in total. The minimum atomic E-state index is -0.383. The predicted molar refractivity (Wildman–Crippen MR) is 54.8 cm³/mol. The highest BCUT2D eigenvalue weighted by molar-refractivity contribution is 9.10. The molecule has 72 valence electrons. The molecule has 0 fully saturated rings. The molecule has 0 unspecified atom stereocenters. The van der Waals surface area contributed by atoms with Crippen LogP contribution in [-0.2, 0) is 5.88 Å². The van der Waals surface area contributed by atoms with E-state index in [1.807, 2.05) is 0 Å². The summed E-state index contributed by atoms with van der Waals surface area (Å²) in [4.78, 5) is 0. The normalized spacial score (nSPS) is 10.2. The number of rotatable bonds is 3. The molecule has 13 heavy (non-hydrogen) atoms. The summed E-state index contributed by atoms with van der Waals surface area (Å²) in [6, 6.07) is 3.11. The fourth-order valence-electron chi connectivity index (χ4n) is 1.02. The van der Waals surface area contributed by atoms with Crippen LogP contribution in [0.5, 0.6) is 5.75 Å². The number of ether oxygens (including phenoxy) is 1. The molecule has 0 bridgehead atoms. The van der Waals surface area contributed by atoms with E-state index >= 15 is 0 Å². The third-order valence-electron chi connectivity index (χ3n) is 1.52. The van der Waals surface area contributed by atoms with Crippen LogP contribution in [0.25, 0.3) is 0 Å². The van der Waals surface area contributed by atoms with Gasteiger partial charge in [0, 0.05) is 10.0 Å². The van der Waals surface area contributed by atoms with Crippen molar-refractivity contribution in [3.05, 3.63) is 28.0 Å². The van der Waals surface area contributed by atoms with Crippen molar-refractivity contribution in [3.8, 4) is 5.75 Å². The van der Waals surface area contributed by atoms with E-state index in [-0.39, 0.29) is 17.4 Å². The third-order valence-corrected chi connectivity index (χ3v) is 2.26. The van der Waals surface area contributed by atoms with Gasteiger partial charge < -0.3 is 4.74 Å². The van der Waals surface area contributed by atoms with Crippen LogP contribution in [0.3, 0.4) is 0 Å². The van der Waals surface area contributed by atoms with E-state index in [1.165, 1.54) is 6.07 Å². The molecule has 1 rings (SSSR count). The molecule has 0 amide bonds. The molecule has 0 aliphatic rings. The lowest BCUT2D eigenvalue weighted by Crippen LogP contribution is -1.98. The number of halogens is 3. The Morgan fingerprint density at radius 3 is 2.77 bits per heavy atom. The lowest BCUT2D eigenvalue weighted by atomic mass is 10.2. The van der Waals surface area contributed by atoms with Crippen LogP contribution in [-0.4, -0.2) is 6.61 Å². The zero-order valence-electron chi connectivity index (χ0n) is 7.11. The van der Waals surface area contributed by atoms with Crippen molar-refractivity contribution in [2.24, 2.45) is 0 Å². The average Bonchev–Trinajstić information content (AvgIpc) is 2.09. The summed E-state index contributed by atoms with van der Waals surface area (Å²) >= 11 is 8.83. The van der Waals surface area contributed by atoms with Crippen molar-refractivity contribution in [2.75, 3.05) is 6.61 Å². The topological polar surface area (TPSA) is 9.23 Å². The Labute approximate surface area is 90.0 Å². The molecular weight excluding hydrogens is 258 g/mol. The van der Waals surface area contributed by atoms with Crippen LogP contribution < -0.4 is 4.74 Å². The maximum Gasteiger partial charge on any atom is 0.166 e. The fourth-order valence-corrected chi connectivity index (χ4v) is 1.69. The van der Waals surface area contributed by atoms with Crippen LogP contribution in [0.2, 0.25) is 0 Å². The zero-order chi connectivity index (χ0) is 9.84. The second-order valence-corrected chi connectivity index (χ2v) is 3.63. The van der Waals surface area contributed by atoms with Gasteiger partial charge in [-0.05, 0) is 19.1 Å². The molecule has 0 saturated heterocycles. The summed E-state index contributed by atoms with van der Waals surface area (Å²) in [5.74, 6) is 0.110. The van der Waals surface area contributed by atoms with Gasteiger partial charge in [-0.1, -0.05) is 15.9 Å². The SMILES string of the molecule is CCOc1c(F)cc(Br)cc1CCl. The summed E-state index contributed by atoms with van der Waals surface area (Å²) in [5.41, 5.74) is 0.662. The van der Waals surface area contributed by atoms with E-state index in [4.69, 9.17) is 16.3 Å². The Kier molecular flexibility index (Phi) is 4.00. The lowest BCUT2D eigenvalue weighted by Gasteiger charge is -2.09. The first kappa shape index (κ1) is 10.8. The van der Waals surface area contributed by atoms with Crippen molar-refractivity contribution >= 4 is 27.5 Å². The highest BCUT2D eigenvalue weighted by Gasteiger charge is 2.10. The van der Waals surface area contributed by atoms with E-state index in [9.17, 15) is 4.39 Å². The van der Waals surface area contributed by atoms with Gasteiger partial charge in [0.1, 0.15) is 0 Å². The molecule has 0 radical (unpaired) electrons. The zero-order valence-corrected chi connectivity index (χ0v) is 9.45. The number of hydrogen-bond acceptors (Lipinski definition) is 1. The quantitative estimate of drug-likeness (QED) is 0.758. The van der Waals surface area contributed by atoms with E-state index in [1.54, 1.807) is 13.0 Å². The first-order valence-corrected chi connectivity index (χ1v) is 5.18. The lowest BCUT2D eigenvalue weighted by molar-refractivity contribution is 0.318. The monoisotopic (exact) mass is 266 g/mol. The Hall–Kier alpha value is -0.280. The second-order valence-electron chi connectivity index (χ2n) is 2.44. The van der Waals surface area contributed by atoms with Crippen LogP contribution >= 0.6 is 27.5 Å². The maximum absolute atomic E-state index is 13.3. The standard InChI is InChI=1S/C9H9BrClFO/c1-2-13-9-6(5-11)3-7(10)4-8(9)12/h3-4H,2,5H2,1H3. The van der Waals surface area contributed by atoms with Crippen molar-refractivity contribution in [1.29, 1.82) is 0 Å². The predicted octanol–water partition coefficient (Wildman–Crippen LogP) is 3.73. The van der Waals surface area contributed by atoms with Crippen molar-refractivity contribution in [3.63, 3.8) is 0 Å². The van der Waals surface area contributed by atoms with Gasteiger partial charge >= 0.3 is 0 Å². The Morgan fingerprint density at radius 1 is 1.54 bits per heavy atom. The van der Waals surface area contributed by atoms with Crippen LogP contribution in [0.15, 0.2) is 16.6 Å². The minimum absolute atomic E-state index is 0.242. The summed E-state index contributed by atoms with van der Waals surface area (Å²) in [7, 11) is 0. The first-order chi connectivity index (χ1) is 6.19. The number of hydrogen-bond donors (Lipinski definition) is 0. The van der Waals surface area contributed by atoms with Crippen LogP contribution in [0.4, 0.5) is 4.39 Å². The largest absolute Gasteiger partial charge is 0.490 e. The second kappa shape index (κ2) is 4.82. The molecule has 0 spiro atoms. The number of alkyl halides is 1. The molecule has 1 nitrogen and oxygen atoms in total. The molecule has 1 aromatic rings. The molecule has 0 atom stereocenters. The summed E-state index contributed by atoms with van der Waals surface area (Å²) < 4.78 is 19.1. The van der Waals surface area contributed by atoms with E-state index < -0.39 is 0 Å². The van der Waals surface area contributed by atoms with Gasteiger partial charge in [0.25, 0.3) is 0 Å². The van der Waals surface area contributed by atoms with Crippen molar-refractivity contribution in [1.82, 2.24) is 0 Å². The van der Waals surface area contributed by atoms with Crippen molar-refractivity contribution in [2.45, 2.75) is 12.8 Å². The Bertz CT molecular complexity index is 304. The molecule has 0 aromatic heterocycles. The first-order valence-electron chi connectivity index (χ1n) is 3.85. The van der Waals surface area contributed by atoms with Gasteiger partial charge in [0.15, 0.2) is 11.6 Å². The molecule has 0 saturated carbocycles. The Balaban J connectivity index is 3.13. The van der Waals surface area contributed by atoms with Crippen molar-refractivity contribution < 1.29 is 9.13 Å². The highest BCUT2D eigenvalue weighted by Crippen LogP contribution is 2.28. The number of benzene rings is 1. The molecular formula is C9H9BrClFO. The van der Waals surface area contributed by atoms with Gasteiger partial charge in [-0.3, -0.25) is 0 Å². The summed E-state index contributed by atoms with van der Waals surface area (Å²) in [6.45, 7) is 2.24. The van der Waals surface area contributed by atoms with Gasteiger partial charge in [0.05, 0.1) is 12.5 Å². The maximum atomic E-state index is 13.3. The van der Waals surface area contributed by atoms with Gasteiger partial charge in [-0.15, -0.1) is 11.6 Å². The molecule has 4 heteroatoms. The van der Waals surface area contributed by atoms with E-state index in [2.05, 4.69) is 15.9 Å². The highest BCUT2D eigenvalue weighted by atomic mass is 79.9. The summed E-state index contributed by atoms with van der Waals surface area (Å²) in [6.07, 6.45) is 0. The van der Waals surface area contributed by atoms with E-state index in [0.29, 0.717) is 16.6 Å². The molecule has 0 heterocycles. The molecule has 0 aliphatic carbocycles. The van der Waals surface area contributed by atoms with Gasteiger partial charge in [-0.25, -0.2) is 4.39 Å². The molecule has 0 aliphatic heterocycles. The Morgan fingerprint density at radius 2 is 2.23 bits per heavy atom. The molecule has 1 aromatic carbocycles. The minimum Gasteiger partial charge on any atom is -0.490 e.